The van der Waals surface area contributed by atoms with Crippen molar-refractivity contribution in [3.05, 3.63) is 88.1 Å². The third kappa shape index (κ3) is 6.15. The molecule has 2 N–H and O–H groups in total. The summed E-state index contributed by atoms with van der Waals surface area (Å²) < 4.78 is 29.5. The number of pyridine rings is 1. The number of carboxylic acid groups (broad SMARTS) is 1. The summed E-state index contributed by atoms with van der Waals surface area (Å²) in [7, 11) is -4.11. The van der Waals surface area contributed by atoms with Gasteiger partial charge in [0.15, 0.2) is 0 Å². The molecule has 1 atom stereocenters. The molecule has 0 saturated carbocycles. The van der Waals surface area contributed by atoms with Crippen LogP contribution in [0.3, 0.4) is 0 Å². The van der Waals surface area contributed by atoms with Gasteiger partial charge in [-0.05, 0) is 51.5 Å². The molecule has 0 aliphatic rings. The summed E-state index contributed by atoms with van der Waals surface area (Å²) in [5, 5.41) is 12.7. The average molecular weight is 581 g/mol. The van der Waals surface area contributed by atoms with E-state index in [1.165, 1.54) is 22.6 Å². The number of nitrogens with zero attached hydrogens (tertiary/aromatic N) is 2. The first-order valence-corrected chi connectivity index (χ1v) is 13.4. The number of hydrogen-bond acceptors (Lipinski definition) is 4. The van der Waals surface area contributed by atoms with E-state index in [4.69, 9.17) is 11.6 Å². The van der Waals surface area contributed by atoms with Gasteiger partial charge in [-0.3, -0.25) is 4.31 Å². The molecule has 0 bridgehead atoms. The second kappa shape index (κ2) is 10.6. The van der Waals surface area contributed by atoms with Gasteiger partial charge >= 0.3 is 6.09 Å². The molecular weight excluding hydrogens is 554 g/mol. The average Bonchev–Trinajstić information content (AvgIpc) is 2.79. The van der Waals surface area contributed by atoms with Gasteiger partial charge in [-0.25, -0.2) is 18.2 Å². The van der Waals surface area contributed by atoms with Gasteiger partial charge in [0, 0.05) is 0 Å². The summed E-state index contributed by atoms with van der Waals surface area (Å²) >= 11 is 9.41. The molecule has 186 valence electrons. The van der Waals surface area contributed by atoms with Gasteiger partial charge in [0.1, 0.15) is 5.15 Å². The van der Waals surface area contributed by atoms with Gasteiger partial charge in [0.05, 0.1) is 33.3 Å². The molecule has 1 heterocycles. The number of aromatic nitrogens is 1. The number of rotatable bonds is 8. The molecule has 0 unspecified atom stereocenters. The second-order valence-corrected chi connectivity index (χ2v) is 12.3. The van der Waals surface area contributed by atoms with Crippen molar-refractivity contribution in [1.82, 2.24) is 10.3 Å². The first kappa shape index (κ1) is 27.0. The number of benzene rings is 2. The first-order chi connectivity index (χ1) is 16.4. The molecule has 1 amide bonds. The van der Waals surface area contributed by atoms with Crippen LogP contribution in [-0.2, 0) is 16.4 Å². The Hall–Kier alpha value is -2.62. The van der Waals surface area contributed by atoms with Crippen molar-refractivity contribution in [2.45, 2.75) is 37.6 Å². The van der Waals surface area contributed by atoms with E-state index in [2.05, 4.69) is 26.2 Å². The van der Waals surface area contributed by atoms with Crippen LogP contribution in [0.5, 0.6) is 0 Å². The lowest BCUT2D eigenvalue weighted by atomic mass is 9.70. The monoisotopic (exact) mass is 579 g/mol. The third-order valence-electron chi connectivity index (χ3n) is 5.95. The maximum absolute atomic E-state index is 13.9. The Labute approximate surface area is 219 Å². The molecule has 0 aliphatic heterocycles. The number of hydrogen-bond donors (Lipinski definition) is 2. The van der Waals surface area contributed by atoms with Gasteiger partial charge in [-0.2, -0.15) is 0 Å². The summed E-state index contributed by atoms with van der Waals surface area (Å²) in [5.41, 5.74) is -0.792. The standard InChI is InChI=1S/C25H27BrClN3O4S/c1-24(2,3)25(29-23(31)32,15-18-10-6-4-7-11-18)17-30(19-14-21(26)22(27)28-16-19)35(33,34)20-12-8-5-9-13-20/h4-14,16,29H,15,17H2,1-3H3,(H,31,32)/t25-/m1/s1. The Balaban J connectivity index is 2.24. The Morgan fingerprint density at radius 3 is 2.17 bits per heavy atom. The molecule has 0 saturated heterocycles. The summed E-state index contributed by atoms with van der Waals surface area (Å²) in [5.74, 6) is 0. The van der Waals surface area contributed by atoms with Gasteiger partial charge in [-0.15, -0.1) is 0 Å². The lowest BCUT2D eigenvalue weighted by Crippen LogP contribution is -2.64. The van der Waals surface area contributed by atoms with Gasteiger partial charge < -0.3 is 10.4 Å². The number of halogens is 2. The number of amides is 1. The van der Waals surface area contributed by atoms with Crippen molar-refractivity contribution in [1.29, 1.82) is 0 Å². The zero-order chi connectivity index (χ0) is 25.9. The molecule has 0 radical (unpaired) electrons. The van der Waals surface area contributed by atoms with Crippen LogP contribution in [0, 0.1) is 5.41 Å². The van der Waals surface area contributed by atoms with E-state index >= 15 is 0 Å². The minimum atomic E-state index is -4.11. The van der Waals surface area contributed by atoms with Crippen LogP contribution in [0.4, 0.5) is 10.5 Å². The maximum atomic E-state index is 13.9. The lowest BCUT2D eigenvalue weighted by molar-refractivity contribution is 0.124. The minimum Gasteiger partial charge on any atom is -0.465 e. The van der Waals surface area contributed by atoms with Crippen molar-refractivity contribution in [3.8, 4) is 0 Å². The van der Waals surface area contributed by atoms with E-state index < -0.39 is 27.1 Å². The van der Waals surface area contributed by atoms with Crippen molar-refractivity contribution in [2.24, 2.45) is 5.41 Å². The van der Waals surface area contributed by atoms with Crippen molar-refractivity contribution in [2.75, 3.05) is 10.8 Å². The molecule has 2 aromatic carbocycles. The highest BCUT2D eigenvalue weighted by Gasteiger charge is 2.47. The fourth-order valence-electron chi connectivity index (χ4n) is 3.81. The quantitative estimate of drug-likeness (QED) is 0.319. The molecule has 7 nitrogen and oxygen atoms in total. The predicted octanol–water partition coefficient (Wildman–Crippen LogP) is 5.99. The molecule has 35 heavy (non-hydrogen) atoms. The Morgan fingerprint density at radius 2 is 1.66 bits per heavy atom. The molecule has 10 heteroatoms. The fraction of sp³-hybridized carbons (Fsp3) is 0.280. The number of nitrogens with one attached hydrogen (secondary N) is 1. The largest absolute Gasteiger partial charge is 0.465 e. The van der Waals surface area contributed by atoms with E-state index in [1.54, 1.807) is 24.3 Å². The highest BCUT2D eigenvalue weighted by atomic mass is 79.9. The summed E-state index contributed by atoms with van der Waals surface area (Å²) in [4.78, 5) is 16.3. The van der Waals surface area contributed by atoms with Crippen molar-refractivity contribution < 1.29 is 18.3 Å². The summed E-state index contributed by atoms with van der Waals surface area (Å²) in [6, 6.07) is 18.9. The van der Waals surface area contributed by atoms with Gasteiger partial charge in [0.25, 0.3) is 10.0 Å². The van der Waals surface area contributed by atoms with Crippen LogP contribution in [0.15, 0.2) is 82.3 Å². The molecule has 1 aromatic heterocycles. The van der Waals surface area contributed by atoms with E-state index in [0.717, 1.165) is 5.56 Å². The number of carbonyl (C=O) groups is 1. The second-order valence-electron chi connectivity index (χ2n) is 9.22. The Kier molecular flexibility index (Phi) is 8.14. The van der Waals surface area contributed by atoms with Gasteiger partial charge in [0.2, 0.25) is 0 Å². The summed E-state index contributed by atoms with van der Waals surface area (Å²) in [6.07, 6.45) is 0.375. The van der Waals surface area contributed by atoms with Crippen LogP contribution in [-0.4, -0.2) is 36.7 Å². The molecule has 3 rings (SSSR count). The third-order valence-corrected chi connectivity index (χ3v) is 8.87. The van der Waals surface area contributed by atoms with Crippen LogP contribution < -0.4 is 9.62 Å². The summed E-state index contributed by atoms with van der Waals surface area (Å²) in [6.45, 7) is 5.46. The van der Waals surface area contributed by atoms with Crippen LogP contribution in [0.1, 0.15) is 26.3 Å². The van der Waals surface area contributed by atoms with Crippen molar-refractivity contribution in [3.63, 3.8) is 0 Å². The van der Waals surface area contributed by atoms with Crippen LogP contribution in [0.2, 0.25) is 5.15 Å². The fourth-order valence-corrected chi connectivity index (χ4v) is 5.77. The Morgan fingerprint density at radius 1 is 1.09 bits per heavy atom. The predicted molar refractivity (Wildman–Crippen MR) is 141 cm³/mol. The maximum Gasteiger partial charge on any atom is 0.405 e. The number of sulfonamides is 1. The van der Waals surface area contributed by atoms with E-state index in [9.17, 15) is 18.3 Å². The topological polar surface area (TPSA) is 99.6 Å². The molecule has 0 aliphatic carbocycles. The van der Waals surface area contributed by atoms with Crippen LogP contribution in [0.25, 0.3) is 0 Å². The highest BCUT2D eigenvalue weighted by Crippen LogP contribution is 2.38. The van der Waals surface area contributed by atoms with Gasteiger partial charge in [-0.1, -0.05) is 80.9 Å². The first-order valence-electron chi connectivity index (χ1n) is 10.8. The van der Waals surface area contributed by atoms with E-state index in [0.29, 0.717) is 4.47 Å². The van der Waals surface area contributed by atoms with Crippen molar-refractivity contribution >= 4 is 49.3 Å². The Bertz CT molecular complexity index is 1290. The number of anilines is 1. The molecule has 0 fully saturated rings. The molecular formula is C25H27BrClN3O4S. The van der Waals surface area contributed by atoms with Crippen LogP contribution >= 0.6 is 27.5 Å². The smallest absolute Gasteiger partial charge is 0.405 e. The van der Waals surface area contributed by atoms with E-state index in [1.807, 2.05) is 51.1 Å². The van der Waals surface area contributed by atoms with E-state index in [-0.39, 0.29) is 28.7 Å². The molecule has 3 aromatic rings. The molecule has 0 spiro atoms. The zero-order valence-corrected chi connectivity index (χ0v) is 22.7. The normalized spacial score (nSPS) is 13.6. The highest BCUT2D eigenvalue weighted by molar-refractivity contribution is 9.10. The minimum absolute atomic E-state index is 0.0731. The zero-order valence-electron chi connectivity index (χ0n) is 19.6. The lowest BCUT2D eigenvalue weighted by Gasteiger charge is -2.47. The SMILES string of the molecule is CC(C)(C)[C@@](Cc1ccccc1)(CN(c1cnc(Cl)c(Br)c1)S(=O)(=O)c1ccccc1)NC(=O)O.